The van der Waals surface area contributed by atoms with Crippen molar-refractivity contribution in [1.29, 1.82) is 0 Å². The molecule has 0 aromatic carbocycles. The van der Waals surface area contributed by atoms with Crippen molar-refractivity contribution in [1.82, 2.24) is 15.2 Å². The Morgan fingerprint density at radius 3 is 2.73 bits per heavy atom. The molecule has 2 N–H and O–H groups in total. The summed E-state index contributed by atoms with van der Waals surface area (Å²) in [5.41, 5.74) is -1.91. The minimum absolute atomic E-state index is 0.0301. The number of carbonyl (C=O) groups excluding carboxylic acids is 1. The zero-order valence-corrected chi connectivity index (χ0v) is 13.1. The van der Waals surface area contributed by atoms with Gasteiger partial charge >= 0.3 is 6.18 Å². The number of halogens is 4. The summed E-state index contributed by atoms with van der Waals surface area (Å²) < 4.78 is 38.7. The Kier molecular flexibility index (Phi) is 5.08. The third-order valence-electron chi connectivity index (χ3n) is 2.39. The van der Waals surface area contributed by atoms with Crippen molar-refractivity contribution >= 4 is 38.3 Å². The number of hydrogen-bond acceptors (Lipinski definition) is 6. The number of nitrogens with one attached hydrogen (secondary N) is 1. The van der Waals surface area contributed by atoms with E-state index in [1.807, 2.05) is 0 Å². The molecule has 2 aromatic rings. The summed E-state index contributed by atoms with van der Waals surface area (Å²) in [7, 11) is 0. The fourth-order valence-corrected chi connectivity index (χ4v) is 2.53. The Labute approximate surface area is 134 Å². The number of pyridine rings is 1. The van der Waals surface area contributed by atoms with Crippen molar-refractivity contribution in [2.75, 3.05) is 11.9 Å². The van der Waals surface area contributed by atoms with Crippen LogP contribution in [0.25, 0.3) is 0 Å². The van der Waals surface area contributed by atoms with E-state index in [0.29, 0.717) is 5.01 Å². The van der Waals surface area contributed by atoms with Crippen LogP contribution in [0.5, 0.6) is 0 Å². The molecule has 0 aliphatic rings. The fourth-order valence-electron chi connectivity index (χ4n) is 1.50. The largest absolute Gasteiger partial charge is 0.434 e. The van der Waals surface area contributed by atoms with Gasteiger partial charge in [0.2, 0.25) is 5.13 Å². The average molecular weight is 397 g/mol. The standard InChI is InChI=1S/C11H8BrF3N4O2S/c12-6-2-1-5(8(16-6)11(13,14)15)9(21)17-10-19-18-7(22-10)3-4-20/h1-2,20H,3-4H2,(H,17,19,21). The number of nitrogens with zero attached hydrogens (tertiary/aromatic N) is 3. The molecule has 0 radical (unpaired) electrons. The molecule has 2 aromatic heterocycles. The number of aliphatic hydroxyl groups excluding tert-OH is 1. The molecule has 0 aliphatic heterocycles. The van der Waals surface area contributed by atoms with Crippen LogP contribution in [0.1, 0.15) is 21.1 Å². The van der Waals surface area contributed by atoms with Crippen molar-refractivity contribution in [3.63, 3.8) is 0 Å². The molecule has 1 amide bonds. The second-order valence-electron chi connectivity index (χ2n) is 3.96. The SMILES string of the molecule is O=C(Nc1nnc(CCO)s1)c1ccc(Br)nc1C(F)(F)F. The fraction of sp³-hybridized carbons (Fsp3) is 0.273. The molecule has 118 valence electrons. The van der Waals surface area contributed by atoms with Crippen molar-refractivity contribution in [2.24, 2.45) is 0 Å². The lowest BCUT2D eigenvalue weighted by atomic mass is 10.2. The zero-order valence-electron chi connectivity index (χ0n) is 10.7. The van der Waals surface area contributed by atoms with Gasteiger partial charge in [-0.25, -0.2) is 4.98 Å². The molecule has 0 saturated carbocycles. The van der Waals surface area contributed by atoms with Gasteiger partial charge in [-0.05, 0) is 28.1 Å². The quantitative estimate of drug-likeness (QED) is 0.775. The van der Waals surface area contributed by atoms with Gasteiger partial charge in [0.1, 0.15) is 9.61 Å². The molecule has 0 atom stereocenters. The highest BCUT2D eigenvalue weighted by Crippen LogP contribution is 2.32. The first kappa shape index (κ1) is 16.8. The summed E-state index contributed by atoms with van der Waals surface area (Å²) in [5, 5.41) is 18.8. The lowest BCUT2D eigenvalue weighted by molar-refractivity contribution is -0.141. The molecule has 0 saturated heterocycles. The van der Waals surface area contributed by atoms with Crippen molar-refractivity contribution in [3.05, 3.63) is 33.0 Å². The minimum atomic E-state index is -4.76. The summed E-state index contributed by atoms with van der Waals surface area (Å²) in [5.74, 6) is -0.987. The maximum Gasteiger partial charge on any atom is 0.434 e. The predicted molar refractivity (Wildman–Crippen MR) is 75.6 cm³/mol. The third kappa shape index (κ3) is 3.99. The number of hydrogen-bond donors (Lipinski definition) is 2. The first-order valence-electron chi connectivity index (χ1n) is 5.79. The second kappa shape index (κ2) is 6.67. The average Bonchev–Trinajstić information content (AvgIpc) is 2.85. The van der Waals surface area contributed by atoms with E-state index in [0.717, 1.165) is 17.4 Å². The van der Waals surface area contributed by atoms with Crippen molar-refractivity contribution in [3.8, 4) is 0 Å². The summed E-state index contributed by atoms with van der Waals surface area (Å²) in [6.07, 6.45) is -4.51. The molecule has 11 heteroatoms. The first-order chi connectivity index (χ1) is 10.3. The number of aliphatic hydroxyl groups is 1. The van der Waals surface area contributed by atoms with E-state index in [-0.39, 0.29) is 22.8 Å². The van der Waals surface area contributed by atoms with Crippen molar-refractivity contribution in [2.45, 2.75) is 12.6 Å². The van der Waals surface area contributed by atoms with Gasteiger partial charge in [-0.1, -0.05) is 11.3 Å². The molecular formula is C11H8BrF3N4O2S. The van der Waals surface area contributed by atoms with E-state index in [1.165, 1.54) is 6.07 Å². The number of anilines is 1. The Morgan fingerprint density at radius 1 is 1.36 bits per heavy atom. The maximum atomic E-state index is 12.9. The molecule has 0 spiro atoms. The van der Waals surface area contributed by atoms with Crippen LogP contribution in [0.3, 0.4) is 0 Å². The zero-order chi connectivity index (χ0) is 16.3. The number of rotatable bonds is 4. The highest BCUT2D eigenvalue weighted by Gasteiger charge is 2.37. The molecular weight excluding hydrogens is 389 g/mol. The Hall–Kier alpha value is -1.59. The Balaban J connectivity index is 2.25. The van der Waals surface area contributed by atoms with Gasteiger partial charge < -0.3 is 5.11 Å². The molecule has 6 nitrogen and oxygen atoms in total. The van der Waals surface area contributed by atoms with E-state index in [4.69, 9.17) is 5.11 Å². The first-order valence-corrected chi connectivity index (χ1v) is 7.40. The van der Waals surface area contributed by atoms with Crippen LogP contribution in [0.15, 0.2) is 16.7 Å². The number of amides is 1. The van der Waals surface area contributed by atoms with Gasteiger partial charge in [0.15, 0.2) is 5.69 Å². The van der Waals surface area contributed by atoms with Gasteiger partial charge in [0.25, 0.3) is 5.91 Å². The molecule has 0 bridgehead atoms. The molecule has 2 heterocycles. The highest BCUT2D eigenvalue weighted by molar-refractivity contribution is 9.10. The maximum absolute atomic E-state index is 12.9. The topological polar surface area (TPSA) is 88.0 Å². The van der Waals surface area contributed by atoms with E-state index in [2.05, 4.69) is 36.4 Å². The molecule has 0 aliphatic carbocycles. The van der Waals surface area contributed by atoms with E-state index >= 15 is 0 Å². The third-order valence-corrected chi connectivity index (χ3v) is 3.73. The molecule has 0 fully saturated rings. The van der Waals surface area contributed by atoms with Gasteiger partial charge in [-0.15, -0.1) is 10.2 Å². The Bertz CT molecular complexity index is 692. The van der Waals surface area contributed by atoms with Gasteiger partial charge in [-0.3, -0.25) is 10.1 Å². The summed E-state index contributed by atoms with van der Waals surface area (Å²) in [6.45, 7) is -0.141. The second-order valence-corrected chi connectivity index (χ2v) is 5.83. The van der Waals surface area contributed by atoms with E-state index in [9.17, 15) is 18.0 Å². The number of carbonyl (C=O) groups is 1. The lowest BCUT2D eigenvalue weighted by Gasteiger charge is -2.11. The van der Waals surface area contributed by atoms with Gasteiger partial charge in [-0.2, -0.15) is 13.2 Å². The van der Waals surface area contributed by atoms with Crippen molar-refractivity contribution < 1.29 is 23.1 Å². The Morgan fingerprint density at radius 2 is 2.09 bits per heavy atom. The molecule has 22 heavy (non-hydrogen) atoms. The minimum Gasteiger partial charge on any atom is -0.396 e. The number of aromatic nitrogens is 3. The summed E-state index contributed by atoms with van der Waals surface area (Å²) >= 11 is 3.81. The monoisotopic (exact) mass is 396 g/mol. The smallest absolute Gasteiger partial charge is 0.396 e. The van der Waals surface area contributed by atoms with Crippen LogP contribution in [-0.2, 0) is 12.6 Å². The van der Waals surface area contributed by atoms with Crippen LogP contribution in [0, 0.1) is 0 Å². The van der Waals surface area contributed by atoms with Gasteiger partial charge in [0.05, 0.1) is 5.56 Å². The predicted octanol–water partition coefficient (Wildman–Crippen LogP) is 2.50. The van der Waals surface area contributed by atoms with Gasteiger partial charge in [0, 0.05) is 13.0 Å². The van der Waals surface area contributed by atoms with Crippen LogP contribution in [-0.4, -0.2) is 32.8 Å². The van der Waals surface area contributed by atoms with Crippen LogP contribution >= 0.6 is 27.3 Å². The molecule has 2 rings (SSSR count). The van der Waals surface area contributed by atoms with Crippen LogP contribution in [0.2, 0.25) is 0 Å². The van der Waals surface area contributed by atoms with E-state index in [1.54, 1.807) is 0 Å². The lowest BCUT2D eigenvalue weighted by Crippen LogP contribution is -2.20. The normalized spacial score (nSPS) is 11.5. The van der Waals surface area contributed by atoms with E-state index < -0.39 is 23.3 Å². The molecule has 0 unspecified atom stereocenters. The van der Waals surface area contributed by atoms with Crippen LogP contribution < -0.4 is 5.32 Å². The summed E-state index contributed by atoms with van der Waals surface area (Å²) in [6, 6.07) is 2.26. The van der Waals surface area contributed by atoms with Crippen LogP contribution in [0.4, 0.5) is 18.3 Å². The number of alkyl halides is 3. The highest BCUT2D eigenvalue weighted by atomic mass is 79.9. The summed E-state index contributed by atoms with van der Waals surface area (Å²) in [4.78, 5) is 15.3.